The zero-order valence-corrected chi connectivity index (χ0v) is 19.3. The number of unbranched alkanes of at least 4 members (excludes halogenated alkanes) is 17. The van der Waals surface area contributed by atoms with E-state index in [-0.39, 0.29) is 0 Å². The van der Waals surface area contributed by atoms with Gasteiger partial charge in [-0.25, -0.2) is 4.79 Å². The van der Waals surface area contributed by atoms with E-state index in [2.05, 4.69) is 20.4 Å². The summed E-state index contributed by atoms with van der Waals surface area (Å²) in [6, 6.07) is 0. The van der Waals surface area contributed by atoms with Crippen LogP contribution in [0.15, 0.2) is 12.2 Å². The molecule has 28 heavy (non-hydrogen) atoms. The van der Waals surface area contributed by atoms with E-state index in [1.54, 1.807) is 0 Å². The maximum atomic E-state index is 10.8. The van der Waals surface area contributed by atoms with Crippen LogP contribution >= 0.6 is 0 Å². The van der Waals surface area contributed by atoms with Gasteiger partial charge in [-0.3, -0.25) is 0 Å². The zero-order valence-electron chi connectivity index (χ0n) is 19.3. The molecule has 0 bridgehead atoms. The highest BCUT2D eigenvalue weighted by Gasteiger charge is 2.09. The Morgan fingerprint density at radius 3 is 1.32 bits per heavy atom. The standard InChI is InChI=1S/C26H50O2/c1-4-5-6-7-8-9-10-11-12-13-14-15-16-17-18-19-20-21-22-24(2)23-25(3)26(27)28/h24H,3-23H2,1-2H3,(H,27,28). The van der Waals surface area contributed by atoms with Gasteiger partial charge in [0.25, 0.3) is 0 Å². The lowest BCUT2D eigenvalue weighted by Crippen LogP contribution is -2.04. The molecule has 0 aromatic heterocycles. The van der Waals surface area contributed by atoms with Crippen molar-refractivity contribution >= 4 is 5.97 Å². The van der Waals surface area contributed by atoms with Gasteiger partial charge in [-0.1, -0.05) is 142 Å². The van der Waals surface area contributed by atoms with E-state index < -0.39 is 5.97 Å². The van der Waals surface area contributed by atoms with Gasteiger partial charge >= 0.3 is 5.97 Å². The lowest BCUT2D eigenvalue weighted by Gasteiger charge is -2.10. The van der Waals surface area contributed by atoms with Gasteiger partial charge in [0.05, 0.1) is 0 Å². The van der Waals surface area contributed by atoms with Crippen molar-refractivity contribution < 1.29 is 9.90 Å². The lowest BCUT2D eigenvalue weighted by atomic mass is 9.95. The normalized spacial score (nSPS) is 12.2. The number of aliphatic carboxylic acids is 1. The first kappa shape index (κ1) is 27.2. The molecule has 2 heteroatoms. The number of hydrogen-bond donors (Lipinski definition) is 1. The molecule has 0 saturated heterocycles. The molecule has 0 fully saturated rings. The van der Waals surface area contributed by atoms with Crippen molar-refractivity contribution in [1.29, 1.82) is 0 Å². The van der Waals surface area contributed by atoms with Crippen molar-refractivity contribution in [3.63, 3.8) is 0 Å². The molecule has 0 aromatic carbocycles. The molecule has 0 radical (unpaired) electrons. The van der Waals surface area contributed by atoms with Crippen LogP contribution in [0.25, 0.3) is 0 Å². The second-order valence-electron chi connectivity index (χ2n) is 9.02. The summed E-state index contributed by atoms with van der Waals surface area (Å²) in [4.78, 5) is 10.8. The second kappa shape index (κ2) is 20.9. The Morgan fingerprint density at radius 2 is 1.00 bits per heavy atom. The van der Waals surface area contributed by atoms with Crippen LogP contribution in [0.3, 0.4) is 0 Å². The van der Waals surface area contributed by atoms with E-state index in [9.17, 15) is 4.79 Å². The first-order valence-electron chi connectivity index (χ1n) is 12.5. The smallest absolute Gasteiger partial charge is 0.330 e. The maximum Gasteiger partial charge on any atom is 0.330 e. The van der Waals surface area contributed by atoms with Crippen LogP contribution in [0.5, 0.6) is 0 Å². The van der Waals surface area contributed by atoms with Crippen LogP contribution in [0.1, 0.15) is 142 Å². The molecule has 0 spiro atoms. The highest BCUT2D eigenvalue weighted by atomic mass is 16.4. The Kier molecular flexibility index (Phi) is 20.3. The summed E-state index contributed by atoms with van der Waals surface area (Å²) < 4.78 is 0. The molecule has 1 atom stereocenters. The summed E-state index contributed by atoms with van der Waals surface area (Å²) in [5, 5.41) is 8.86. The first-order chi connectivity index (χ1) is 13.6. The van der Waals surface area contributed by atoms with Gasteiger partial charge in [0.2, 0.25) is 0 Å². The number of hydrogen-bond acceptors (Lipinski definition) is 1. The van der Waals surface area contributed by atoms with Crippen molar-refractivity contribution in [3.8, 4) is 0 Å². The van der Waals surface area contributed by atoms with E-state index in [0.717, 1.165) is 6.42 Å². The minimum Gasteiger partial charge on any atom is -0.478 e. The molecule has 0 aliphatic heterocycles. The average Bonchev–Trinajstić information content (AvgIpc) is 2.66. The summed E-state index contributed by atoms with van der Waals surface area (Å²) in [6.45, 7) is 8.05. The minimum atomic E-state index is -0.843. The van der Waals surface area contributed by atoms with Crippen molar-refractivity contribution in [2.75, 3.05) is 0 Å². The second-order valence-corrected chi connectivity index (χ2v) is 9.02. The average molecular weight is 395 g/mol. The highest BCUT2D eigenvalue weighted by Crippen LogP contribution is 2.19. The summed E-state index contributed by atoms with van der Waals surface area (Å²) in [7, 11) is 0. The maximum absolute atomic E-state index is 10.8. The molecule has 166 valence electrons. The topological polar surface area (TPSA) is 37.3 Å². The summed E-state index contributed by atoms with van der Waals surface area (Å²) in [5.74, 6) is -0.394. The third-order valence-corrected chi connectivity index (χ3v) is 5.95. The monoisotopic (exact) mass is 394 g/mol. The van der Waals surface area contributed by atoms with Gasteiger partial charge in [0.1, 0.15) is 0 Å². The van der Waals surface area contributed by atoms with Gasteiger partial charge in [-0.15, -0.1) is 0 Å². The fraction of sp³-hybridized carbons (Fsp3) is 0.885. The highest BCUT2D eigenvalue weighted by molar-refractivity contribution is 5.85. The van der Waals surface area contributed by atoms with Crippen molar-refractivity contribution in [3.05, 3.63) is 12.2 Å². The third kappa shape index (κ3) is 20.0. The van der Waals surface area contributed by atoms with Gasteiger partial charge in [0, 0.05) is 5.57 Å². The molecule has 1 unspecified atom stereocenters. The molecule has 1 N–H and O–H groups in total. The predicted octanol–water partition coefficient (Wildman–Crippen LogP) is 9.09. The van der Waals surface area contributed by atoms with E-state index in [1.807, 2.05) is 0 Å². The van der Waals surface area contributed by atoms with E-state index >= 15 is 0 Å². The Labute approximate surface area is 176 Å². The molecule has 0 aromatic rings. The lowest BCUT2D eigenvalue weighted by molar-refractivity contribution is -0.132. The van der Waals surface area contributed by atoms with Gasteiger partial charge in [-0.05, 0) is 12.3 Å². The first-order valence-corrected chi connectivity index (χ1v) is 12.5. The number of carboxylic acid groups (broad SMARTS) is 1. The van der Waals surface area contributed by atoms with Crippen LogP contribution in [-0.2, 0) is 4.79 Å². The minimum absolute atomic E-state index is 0.356. The van der Waals surface area contributed by atoms with Crippen LogP contribution < -0.4 is 0 Å². The molecular weight excluding hydrogens is 344 g/mol. The van der Waals surface area contributed by atoms with Gasteiger partial charge < -0.3 is 5.11 Å². The van der Waals surface area contributed by atoms with Crippen LogP contribution in [0.2, 0.25) is 0 Å². The quantitative estimate of drug-likeness (QED) is 0.147. The van der Waals surface area contributed by atoms with Crippen LogP contribution in [0.4, 0.5) is 0 Å². The molecule has 0 heterocycles. The SMILES string of the molecule is C=C(CC(C)CCCCCCCCCCCCCCCCCCCC)C(=O)O. The molecule has 2 nitrogen and oxygen atoms in total. The molecule has 0 amide bonds. The van der Waals surface area contributed by atoms with Crippen LogP contribution in [-0.4, -0.2) is 11.1 Å². The zero-order chi connectivity index (χ0) is 20.9. The molecule has 0 rings (SSSR count). The summed E-state index contributed by atoms with van der Waals surface area (Å²) in [5.41, 5.74) is 0.356. The fourth-order valence-electron chi connectivity index (χ4n) is 4.00. The molecule has 0 saturated carbocycles. The Morgan fingerprint density at radius 1 is 0.679 bits per heavy atom. The number of carbonyl (C=O) groups is 1. The predicted molar refractivity (Wildman–Crippen MR) is 124 cm³/mol. The van der Waals surface area contributed by atoms with Crippen molar-refractivity contribution in [2.24, 2.45) is 5.92 Å². The summed E-state index contributed by atoms with van der Waals surface area (Å²) >= 11 is 0. The molecule has 0 aliphatic rings. The number of carboxylic acids is 1. The third-order valence-electron chi connectivity index (χ3n) is 5.95. The van der Waals surface area contributed by atoms with Gasteiger partial charge in [-0.2, -0.15) is 0 Å². The van der Waals surface area contributed by atoms with E-state index in [1.165, 1.54) is 116 Å². The Bertz CT molecular complexity index is 361. The fourth-order valence-corrected chi connectivity index (χ4v) is 4.00. The van der Waals surface area contributed by atoms with Crippen molar-refractivity contribution in [2.45, 2.75) is 142 Å². The molecule has 0 aliphatic carbocycles. The largest absolute Gasteiger partial charge is 0.478 e. The number of rotatable bonds is 22. The Hall–Kier alpha value is -0.790. The van der Waals surface area contributed by atoms with E-state index in [4.69, 9.17) is 5.11 Å². The van der Waals surface area contributed by atoms with Crippen molar-refractivity contribution in [1.82, 2.24) is 0 Å². The Balaban J connectivity index is 3.16. The van der Waals surface area contributed by atoms with Crippen LogP contribution in [0, 0.1) is 5.92 Å². The molecular formula is C26H50O2. The summed E-state index contributed by atoms with van der Waals surface area (Å²) in [6.07, 6.45) is 27.0. The van der Waals surface area contributed by atoms with E-state index in [0.29, 0.717) is 17.9 Å². The van der Waals surface area contributed by atoms with Gasteiger partial charge in [0.15, 0.2) is 0 Å².